The van der Waals surface area contributed by atoms with Crippen molar-refractivity contribution in [1.29, 1.82) is 0 Å². The van der Waals surface area contributed by atoms with Gasteiger partial charge in [0.15, 0.2) is 0 Å². The molecule has 0 saturated carbocycles. The first kappa shape index (κ1) is 15.6. The van der Waals surface area contributed by atoms with Gasteiger partial charge >= 0.3 is 5.97 Å². The number of likely N-dealkylation sites (tertiary alicyclic amines) is 1. The Labute approximate surface area is 124 Å². The van der Waals surface area contributed by atoms with Gasteiger partial charge in [-0.3, -0.25) is 9.59 Å². The van der Waals surface area contributed by atoms with Crippen LogP contribution in [0.4, 0.5) is 0 Å². The summed E-state index contributed by atoms with van der Waals surface area (Å²) in [6.07, 6.45) is 3.44. The van der Waals surface area contributed by atoms with Crippen LogP contribution in [0.3, 0.4) is 0 Å². The fraction of sp³-hybridized carbons (Fsp3) is 0.857. The van der Waals surface area contributed by atoms with Gasteiger partial charge in [-0.05, 0) is 45.7 Å². The molecule has 0 aromatic heterocycles. The third kappa shape index (κ3) is 4.12. The van der Waals surface area contributed by atoms with Gasteiger partial charge in [0, 0.05) is 17.8 Å². The average molecular weight is 300 g/mol. The van der Waals surface area contributed by atoms with Crippen molar-refractivity contribution in [3.63, 3.8) is 0 Å². The molecule has 5 nitrogen and oxygen atoms in total. The Bertz CT molecular complexity index is 358. The van der Waals surface area contributed by atoms with Crippen LogP contribution in [0.5, 0.6) is 0 Å². The van der Waals surface area contributed by atoms with Gasteiger partial charge in [-0.2, -0.15) is 0 Å². The number of aliphatic carboxylic acids is 1. The van der Waals surface area contributed by atoms with Crippen LogP contribution in [0, 0.1) is 5.92 Å². The lowest BCUT2D eigenvalue weighted by atomic mass is 9.92. The Morgan fingerprint density at radius 3 is 2.60 bits per heavy atom. The first-order valence-electron chi connectivity index (χ1n) is 7.42. The minimum absolute atomic E-state index is 0.0472. The summed E-state index contributed by atoms with van der Waals surface area (Å²) >= 11 is 1.76. The lowest BCUT2D eigenvalue weighted by Gasteiger charge is -2.36. The quantitative estimate of drug-likeness (QED) is 0.816. The van der Waals surface area contributed by atoms with Gasteiger partial charge in [-0.1, -0.05) is 0 Å². The zero-order valence-corrected chi connectivity index (χ0v) is 12.8. The van der Waals surface area contributed by atoms with Crippen molar-refractivity contribution in [2.45, 2.75) is 43.9 Å². The van der Waals surface area contributed by atoms with Crippen LogP contribution >= 0.6 is 11.8 Å². The molecule has 0 aliphatic carbocycles. The van der Waals surface area contributed by atoms with Crippen LogP contribution in [-0.4, -0.2) is 58.6 Å². The van der Waals surface area contributed by atoms with Crippen LogP contribution in [0.25, 0.3) is 0 Å². The molecule has 2 rings (SSSR count). The summed E-state index contributed by atoms with van der Waals surface area (Å²) < 4.78 is 0. The number of thioether (sulfide) groups is 1. The lowest BCUT2D eigenvalue weighted by molar-refractivity contribution is -0.146. The van der Waals surface area contributed by atoms with Crippen molar-refractivity contribution in [2.24, 2.45) is 5.92 Å². The zero-order chi connectivity index (χ0) is 14.5. The van der Waals surface area contributed by atoms with E-state index in [2.05, 4.69) is 5.32 Å². The fourth-order valence-electron chi connectivity index (χ4n) is 3.00. The monoisotopic (exact) mass is 300 g/mol. The molecule has 0 bridgehead atoms. The maximum Gasteiger partial charge on any atom is 0.306 e. The predicted octanol–water partition coefficient (Wildman–Crippen LogP) is 1.18. The van der Waals surface area contributed by atoms with Gasteiger partial charge in [0.05, 0.1) is 11.7 Å². The zero-order valence-electron chi connectivity index (χ0n) is 12.0. The number of carbonyl (C=O) groups is 2. The normalized spacial score (nSPS) is 28.4. The molecule has 0 aromatic rings. The molecule has 0 spiro atoms. The first-order chi connectivity index (χ1) is 9.58. The Balaban J connectivity index is 1.76. The smallest absolute Gasteiger partial charge is 0.306 e. The van der Waals surface area contributed by atoms with Gasteiger partial charge < -0.3 is 15.3 Å². The maximum absolute atomic E-state index is 12.3. The number of piperidine rings is 2. The van der Waals surface area contributed by atoms with Crippen LogP contribution in [0.1, 0.15) is 32.6 Å². The van der Waals surface area contributed by atoms with Gasteiger partial charge in [0.1, 0.15) is 0 Å². The summed E-state index contributed by atoms with van der Waals surface area (Å²) in [6, 6.07) is 0.0472. The fourth-order valence-corrected chi connectivity index (χ4v) is 4.11. The average Bonchev–Trinajstić information content (AvgIpc) is 2.45. The summed E-state index contributed by atoms with van der Waals surface area (Å²) in [4.78, 5) is 25.1. The predicted molar refractivity (Wildman–Crippen MR) is 79.9 cm³/mol. The van der Waals surface area contributed by atoms with E-state index in [0.29, 0.717) is 30.4 Å². The summed E-state index contributed by atoms with van der Waals surface area (Å²) in [5, 5.41) is 13.0. The van der Waals surface area contributed by atoms with Crippen molar-refractivity contribution in [2.75, 3.05) is 25.4 Å². The maximum atomic E-state index is 12.3. The third-order valence-corrected chi connectivity index (χ3v) is 5.63. The van der Waals surface area contributed by atoms with E-state index in [1.54, 1.807) is 11.8 Å². The van der Waals surface area contributed by atoms with Gasteiger partial charge in [0.2, 0.25) is 5.91 Å². The van der Waals surface area contributed by atoms with Crippen molar-refractivity contribution >= 4 is 23.6 Å². The number of carboxylic acids is 1. The third-order valence-electron chi connectivity index (χ3n) is 4.27. The van der Waals surface area contributed by atoms with Crippen molar-refractivity contribution < 1.29 is 14.7 Å². The Morgan fingerprint density at radius 1 is 1.30 bits per heavy atom. The topological polar surface area (TPSA) is 69.6 Å². The van der Waals surface area contributed by atoms with E-state index in [1.807, 2.05) is 11.8 Å². The number of nitrogens with zero attached hydrogens (tertiary/aromatic N) is 1. The number of amides is 1. The van der Waals surface area contributed by atoms with Gasteiger partial charge in [-0.25, -0.2) is 0 Å². The van der Waals surface area contributed by atoms with E-state index >= 15 is 0 Å². The van der Waals surface area contributed by atoms with Crippen LogP contribution in [0.2, 0.25) is 0 Å². The summed E-state index contributed by atoms with van der Waals surface area (Å²) in [5.74, 6) is -0.309. The van der Waals surface area contributed by atoms with Crippen molar-refractivity contribution in [3.8, 4) is 0 Å². The molecule has 2 aliphatic heterocycles. The molecule has 0 aromatic carbocycles. The molecule has 114 valence electrons. The number of rotatable bonds is 4. The highest BCUT2D eigenvalue weighted by Gasteiger charge is 2.32. The second kappa shape index (κ2) is 7.31. The van der Waals surface area contributed by atoms with Crippen molar-refractivity contribution in [1.82, 2.24) is 10.2 Å². The van der Waals surface area contributed by atoms with Crippen LogP contribution < -0.4 is 5.32 Å². The van der Waals surface area contributed by atoms with Gasteiger partial charge in [-0.15, -0.1) is 11.8 Å². The molecule has 2 heterocycles. The number of hydrogen-bond donors (Lipinski definition) is 2. The molecule has 2 atom stereocenters. The Morgan fingerprint density at radius 2 is 2.00 bits per heavy atom. The molecular formula is C14H24N2O3S. The molecule has 1 amide bonds. The number of carbonyl (C=O) groups excluding carboxylic acids is 1. The molecule has 0 radical (unpaired) electrons. The number of hydrogen-bond acceptors (Lipinski definition) is 4. The van der Waals surface area contributed by atoms with E-state index in [9.17, 15) is 9.59 Å². The van der Waals surface area contributed by atoms with E-state index in [4.69, 9.17) is 5.11 Å². The van der Waals surface area contributed by atoms with Crippen LogP contribution in [0.15, 0.2) is 0 Å². The number of carboxylic acid groups (broad SMARTS) is 1. The van der Waals surface area contributed by atoms with Crippen molar-refractivity contribution in [3.05, 3.63) is 0 Å². The molecule has 6 heteroatoms. The van der Waals surface area contributed by atoms with E-state index in [0.717, 1.165) is 25.9 Å². The summed E-state index contributed by atoms with van der Waals surface area (Å²) in [5.41, 5.74) is 0. The molecule has 2 unspecified atom stereocenters. The van der Waals surface area contributed by atoms with Gasteiger partial charge in [0.25, 0.3) is 0 Å². The molecule has 2 N–H and O–H groups in total. The molecular weight excluding hydrogens is 276 g/mol. The van der Waals surface area contributed by atoms with E-state index in [-0.39, 0.29) is 17.9 Å². The van der Waals surface area contributed by atoms with Crippen LogP contribution in [-0.2, 0) is 9.59 Å². The molecule has 2 aliphatic rings. The highest BCUT2D eigenvalue weighted by molar-refractivity contribution is 8.00. The lowest BCUT2D eigenvalue weighted by Crippen LogP contribution is -2.47. The minimum atomic E-state index is -0.729. The first-order valence-corrected chi connectivity index (χ1v) is 8.47. The van der Waals surface area contributed by atoms with E-state index < -0.39 is 5.97 Å². The largest absolute Gasteiger partial charge is 0.481 e. The standard InChI is InChI=1S/C14H24N2O3S/c1-10-8-11(14(18)19)4-7-16(10)13(17)9-20-12-2-5-15-6-3-12/h10-12,15H,2-9H2,1H3,(H,18,19). The summed E-state index contributed by atoms with van der Waals surface area (Å²) in [7, 11) is 0. The second-order valence-electron chi connectivity index (χ2n) is 5.76. The molecule has 2 fully saturated rings. The SMILES string of the molecule is CC1CC(C(=O)O)CCN1C(=O)CSC1CCNCC1. The van der Waals surface area contributed by atoms with E-state index in [1.165, 1.54) is 0 Å². The Hall–Kier alpha value is -0.750. The highest BCUT2D eigenvalue weighted by atomic mass is 32.2. The molecule has 20 heavy (non-hydrogen) atoms. The molecule has 2 saturated heterocycles. The summed E-state index contributed by atoms with van der Waals surface area (Å²) in [6.45, 7) is 4.64. The minimum Gasteiger partial charge on any atom is -0.481 e. The Kier molecular flexibility index (Phi) is 5.72. The number of nitrogens with one attached hydrogen (secondary N) is 1. The highest BCUT2D eigenvalue weighted by Crippen LogP contribution is 2.25. The second-order valence-corrected chi connectivity index (χ2v) is 7.04.